The predicted octanol–water partition coefficient (Wildman–Crippen LogP) is 4.68. The van der Waals surface area contributed by atoms with Crippen LogP contribution in [-0.2, 0) is 16.1 Å². The highest BCUT2D eigenvalue weighted by molar-refractivity contribution is 7.99. The summed E-state index contributed by atoms with van der Waals surface area (Å²) >= 11 is 1.30. The molecule has 0 saturated heterocycles. The van der Waals surface area contributed by atoms with Crippen LogP contribution in [0.15, 0.2) is 53.7 Å². The zero-order valence-corrected chi connectivity index (χ0v) is 21.7. The Morgan fingerprint density at radius 1 is 1.11 bits per heavy atom. The summed E-state index contributed by atoms with van der Waals surface area (Å²) in [5.41, 5.74) is 1.85. The second kappa shape index (κ2) is 11.3. The molecule has 0 bridgehead atoms. The molecular weight excluding hydrogens is 466 g/mol. The molecule has 2 aromatic carbocycles. The minimum atomic E-state index is -0.561. The molecule has 0 unspecified atom stereocenters. The van der Waals surface area contributed by atoms with Gasteiger partial charge in [0.1, 0.15) is 17.2 Å². The van der Waals surface area contributed by atoms with E-state index in [0.717, 1.165) is 22.8 Å². The van der Waals surface area contributed by atoms with Crippen LogP contribution < -0.4 is 10.1 Å². The molecule has 0 spiro atoms. The molecule has 1 heterocycles. The number of hydrogen-bond acceptors (Lipinski definition) is 7. The van der Waals surface area contributed by atoms with Crippen LogP contribution in [0.25, 0.3) is 5.69 Å². The number of rotatable bonds is 8. The average Bonchev–Trinajstić information content (AvgIpc) is 3.17. The Morgan fingerprint density at radius 2 is 1.83 bits per heavy atom. The zero-order chi connectivity index (χ0) is 25.6. The van der Waals surface area contributed by atoms with Crippen molar-refractivity contribution < 1.29 is 19.1 Å². The molecule has 2 amide bonds. The molecule has 1 aromatic heterocycles. The molecule has 0 radical (unpaired) electrons. The lowest BCUT2D eigenvalue weighted by Crippen LogP contribution is -2.33. The first-order valence-electron chi connectivity index (χ1n) is 11.1. The Bertz CT molecular complexity index is 1170. The van der Waals surface area contributed by atoms with Crippen LogP contribution in [-0.4, -0.2) is 57.2 Å². The Labute approximate surface area is 209 Å². The van der Waals surface area contributed by atoms with Crippen molar-refractivity contribution in [1.82, 2.24) is 19.7 Å². The van der Waals surface area contributed by atoms with Crippen LogP contribution in [0.5, 0.6) is 5.75 Å². The van der Waals surface area contributed by atoms with Gasteiger partial charge >= 0.3 is 6.09 Å². The number of aryl methyl sites for hydroxylation is 1. The number of nitrogens with one attached hydrogen (secondary N) is 1. The summed E-state index contributed by atoms with van der Waals surface area (Å²) in [6.07, 6.45) is -0.403. The number of aromatic nitrogens is 3. The van der Waals surface area contributed by atoms with Crippen LogP contribution in [0, 0.1) is 6.92 Å². The van der Waals surface area contributed by atoms with E-state index in [1.165, 1.54) is 16.7 Å². The van der Waals surface area contributed by atoms with Crippen molar-refractivity contribution in [3.63, 3.8) is 0 Å². The van der Waals surface area contributed by atoms with Crippen LogP contribution >= 0.6 is 11.8 Å². The molecule has 9 nitrogen and oxygen atoms in total. The van der Waals surface area contributed by atoms with Crippen molar-refractivity contribution in [2.45, 2.75) is 45.0 Å². The third-order valence-electron chi connectivity index (χ3n) is 4.79. The second-order valence-electron chi connectivity index (χ2n) is 8.94. The maximum Gasteiger partial charge on any atom is 0.410 e. The van der Waals surface area contributed by atoms with Crippen molar-refractivity contribution in [3.8, 4) is 11.4 Å². The molecule has 0 fully saturated rings. The first kappa shape index (κ1) is 26.1. The lowest BCUT2D eigenvalue weighted by atomic mass is 10.2. The average molecular weight is 498 g/mol. The van der Waals surface area contributed by atoms with Crippen molar-refractivity contribution in [2.24, 2.45) is 0 Å². The van der Waals surface area contributed by atoms with Gasteiger partial charge in [-0.25, -0.2) is 4.79 Å². The summed E-state index contributed by atoms with van der Waals surface area (Å²) < 4.78 is 12.5. The number of nitrogens with zero attached hydrogens (tertiary/aromatic N) is 4. The van der Waals surface area contributed by atoms with E-state index >= 15 is 0 Å². The van der Waals surface area contributed by atoms with E-state index in [1.807, 2.05) is 80.8 Å². The first-order valence-corrected chi connectivity index (χ1v) is 12.1. The third-order valence-corrected chi connectivity index (χ3v) is 5.72. The van der Waals surface area contributed by atoms with Gasteiger partial charge in [-0.1, -0.05) is 23.9 Å². The zero-order valence-electron chi connectivity index (χ0n) is 20.9. The third kappa shape index (κ3) is 7.48. The van der Waals surface area contributed by atoms with Crippen LogP contribution in [0.3, 0.4) is 0 Å². The van der Waals surface area contributed by atoms with E-state index in [1.54, 1.807) is 14.2 Å². The minimum absolute atomic E-state index is 0.163. The van der Waals surface area contributed by atoms with E-state index in [4.69, 9.17) is 9.47 Å². The quantitative estimate of drug-likeness (QED) is 0.451. The van der Waals surface area contributed by atoms with E-state index < -0.39 is 11.7 Å². The number of hydrogen-bond donors (Lipinski definition) is 1. The Morgan fingerprint density at radius 3 is 2.49 bits per heavy atom. The molecule has 3 rings (SSSR count). The van der Waals surface area contributed by atoms with Gasteiger partial charge in [0.15, 0.2) is 5.16 Å². The Kier molecular flexibility index (Phi) is 8.39. The highest BCUT2D eigenvalue weighted by atomic mass is 32.2. The van der Waals surface area contributed by atoms with Crippen molar-refractivity contribution in [3.05, 3.63) is 59.9 Å². The standard InChI is InChI=1S/C25H31N5O4S/c1-17-27-28-23(30(17)20-10-12-21(33-6)13-11-20)35-16-22(31)26-19-9-7-8-18(14-19)15-29(5)24(32)34-25(2,3)4/h7-14H,15-16H2,1-6H3,(H,26,31). The second-order valence-corrected chi connectivity index (χ2v) is 9.88. The fourth-order valence-corrected chi connectivity index (χ4v) is 4.02. The smallest absolute Gasteiger partial charge is 0.410 e. The highest BCUT2D eigenvalue weighted by Crippen LogP contribution is 2.24. The van der Waals surface area contributed by atoms with Gasteiger partial charge in [-0.3, -0.25) is 9.36 Å². The number of amides is 2. The molecule has 186 valence electrons. The van der Waals surface area contributed by atoms with E-state index in [-0.39, 0.29) is 11.7 Å². The Hall–Kier alpha value is -3.53. The number of ether oxygens (including phenoxy) is 2. The van der Waals surface area contributed by atoms with Gasteiger partial charge in [0.05, 0.1) is 12.9 Å². The normalized spacial score (nSPS) is 11.1. The number of thioether (sulfide) groups is 1. The number of anilines is 1. The number of carbonyl (C=O) groups excluding carboxylic acids is 2. The first-order chi connectivity index (χ1) is 16.6. The van der Waals surface area contributed by atoms with E-state index in [9.17, 15) is 9.59 Å². The summed E-state index contributed by atoms with van der Waals surface area (Å²) in [6.45, 7) is 7.70. The fourth-order valence-electron chi connectivity index (χ4n) is 3.22. The number of carbonyl (C=O) groups is 2. The molecule has 35 heavy (non-hydrogen) atoms. The van der Waals surface area contributed by atoms with Crippen molar-refractivity contribution >= 4 is 29.4 Å². The molecule has 1 N–H and O–H groups in total. The monoisotopic (exact) mass is 497 g/mol. The topological polar surface area (TPSA) is 98.6 Å². The van der Waals surface area contributed by atoms with Crippen LogP contribution in [0.2, 0.25) is 0 Å². The van der Waals surface area contributed by atoms with Crippen LogP contribution in [0.1, 0.15) is 32.2 Å². The summed E-state index contributed by atoms with van der Waals surface area (Å²) in [7, 11) is 3.30. The van der Waals surface area contributed by atoms with Crippen LogP contribution in [0.4, 0.5) is 10.5 Å². The summed E-state index contributed by atoms with van der Waals surface area (Å²) in [6, 6.07) is 14.9. The molecule has 0 saturated carbocycles. The number of benzene rings is 2. The largest absolute Gasteiger partial charge is 0.497 e. The molecule has 3 aromatic rings. The molecule has 0 aliphatic rings. The maximum absolute atomic E-state index is 12.6. The summed E-state index contributed by atoms with van der Waals surface area (Å²) in [5.74, 6) is 1.47. The SMILES string of the molecule is COc1ccc(-n2c(C)nnc2SCC(=O)Nc2cccc(CN(C)C(=O)OC(C)(C)C)c2)cc1. The van der Waals surface area contributed by atoms with Crippen molar-refractivity contribution in [2.75, 3.05) is 25.2 Å². The van der Waals surface area contributed by atoms with Gasteiger partial charge in [-0.15, -0.1) is 10.2 Å². The molecular formula is C25H31N5O4S. The predicted molar refractivity (Wildman–Crippen MR) is 136 cm³/mol. The molecule has 0 aliphatic carbocycles. The molecule has 0 atom stereocenters. The summed E-state index contributed by atoms with van der Waals surface area (Å²) in [4.78, 5) is 26.3. The van der Waals surface area contributed by atoms with Gasteiger partial charge < -0.3 is 19.7 Å². The Balaban J connectivity index is 1.60. The molecule has 0 aliphatic heterocycles. The van der Waals surface area contributed by atoms with Gasteiger partial charge in [-0.05, 0) is 69.7 Å². The minimum Gasteiger partial charge on any atom is -0.497 e. The van der Waals surface area contributed by atoms with Crippen molar-refractivity contribution in [1.29, 1.82) is 0 Å². The van der Waals surface area contributed by atoms with E-state index in [0.29, 0.717) is 17.4 Å². The van der Waals surface area contributed by atoms with Gasteiger partial charge in [0.2, 0.25) is 5.91 Å². The van der Waals surface area contributed by atoms with Gasteiger partial charge in [0, 0.05) is 25.0 Å². The van der Waals surface area contributed by atoms with Gasteiger partial charge in [0.25, 0.3) is 0 Å². The molecule has 10 heteroatoms. The summed E-state index contributed by atoms with van der Waals surface area (Å²) in [5, 5.41) is 11.9. The highest BCUT2D eigenvalue weighted by Gasteiger charge is 2.20. The lowest BCUT2D eigenvalue weighted by Gasteiger charge is -2.24. The fraction of sp³-hybridized carbons (Fsp3) is 0.360. The number of methoxy groups -OCH3 is 1. The van der Waals surface area contributed by atoms with Gasteiger partial charge in [-0.2, -0.15) is 0 Å². The maximum atomic E-state index is 12.6. The van der Waals surface area contributed by atoms with E-state index in [2.05, 4.69) is 15.5 Å². The lowest BCUT2D eigenvalue weighted by molar-refractivity contribution is -0.113.